The largest absolute Gasteiger partial charge is 0.497 e. The molecule has 0 radical (unpaired) electrons. The van der Waals surface area contributed by atoms with Crippen LogP contribution < -0.4 is 15.0 Å². The summed E-state index contributed by atoms with van der Waals surface area (Å²) in [6.07, 6.45) is 2.55. The lowest BCUT2D eigenvalue weighted by atomic mass is 10.1. The van der Waals surface area contributed by atoms with Crippen LogP contribution in [-0.2, 0) is 0 Å². The molecule has 30 heavy (non-hydrogen) atoms. The smallest absolute Gasteiger partial charge is 0.270 e. The number of likely N-dealkylation sites (tertiary alicyclic amines) is 1. The highest BCUT2D eigenvalue weighted by atomic mass is 35.5. The number of amides is 1. The summed E-state index contributed by atoms with van der Waals surface area (Å²) >= 11 is 6.19. The van der Waals surface area contributed by atoms with E-state index in [0.29, 0.717) is 23.0 Å². The van der Waals surface area contributed by atoms with E-state index in [0.717, 1.165) is 23.5 Å². The third-order valence-electron chi connectivity index (χ3n) is 5.44. The highest BCUT2D eigenvalue weighted by Crippen LogP contribution is 2.26. The second-order valence-electron chi connectivity index (χ2n) is 7.50. The van der Waals surface area contributed by atoms with Crippen molar-refractivity contribution in [3.05, 3.63) is 65.3 Å². The van der Waals surface area contributed by atoms with Gasteiger partial charge in [-0.3, -0.25) is 4.79 Å². The predicted molar refractivity (Wildman–Crippen MR) is 118 cm³/mol. The van der Waals surface area contributed by atoms with Gasteiger partial charge in [-0.25, -0.2) is 4.68 Å². The van der Waals surface area contributed by atoms with E-state index in [1.54, 1.807) is 28.8 Å². The van der Waals surface area contributed by atoms with E-state index in [1.165, 1.54) is 25.9 Å². The van der Waals surface area contributed by atoms with Gasteiger partial charge < -0.3 is 15.0 Å². The van der Waals surface area contributed by atoms with E-state index < -0.39 is 0 Å². The van der Waals surface area contributed by atoms with E-state index in [4.69, 9.17) is 21.4 Å². The van der Waals surface area contributed by atoms with Gasteiger partial charge in [0.05, 0.1) is 44.7 Å². The lowest BCUT2D eigenvalue weighted by molar-refractivity contribution is -0.886. The summed E-state index contributed by atoms with van der Waals surface area (Å²) in [7, 11) is 1.63. The Morgan fingerprint density at radius 3 is 2.73 bits per heavy atom. The van der Waals surface area contributed by atoms with Gasteiger partial charge in [0.2, 0.25) is 0 Å². The number of nitrogens with zero attached hydrogens (tertiary/aromatic N) is 2. The number of nitrogens with one attached hydrogen (secondary N) is 2. The number of hydrogen-bond acceptors (Lipinski definition) is 3. The molecule has 0 bridgehead atoms. The fourth-order valence-electron chi connectivity index (χ4n) is 3.84. The van der Waals surface area contributed by atoms with Crippen molar-refractivity contribution in [2.45, 2.75) is 12.8 Å². The summed E-state index contributed by atoms with van der Waals surface area (Å²) in [5, 5.41) is 8.36. The van der Waals surface area contributed by atoms with Crippen LogP contribution in [0.4, 0.5) is 0 Å². The standard InChI is InChI=1S/C23H25ClN4O2/c1-30-20-9-4-6-17(14-20)21-16-22(23(29)25-10-13-27-11-2-3-12-27)28(26-21)19-8-5-7-18(24)15-19/h4-9,14-16H,2-3,10-13H2,1H3,(H,25,29)/p+1. The Hall–Kier alpha value is -2.83. The highest BCUT2D eigenvalue weighted by Gasteiger charge is 2.19. The molecule has 1 saturated heterocycles. The zero-order chi connectivity index (χ0) is 20.9. The van der Waals surface area contributed by atoms with Crippen molar-refractivity contribution < 1.29 is 14.4 Å². The topological polar surface area (TPSA) is 60.6 Å². The molecule has 0 spiro atoms. The number of rotatable bonds is 7. The van der Waals surface area contributed by atoms with Gasteiger partial charge in [-0.1, -0.05) is 29.8 Å². The molecule has 0 atom stereocenters. The number of methoxy groups -OCH3 is 1. The van der Waals surface area contributed by atoms with Gasteiger partial charge in [0.1, 0.15) is 11.4 Å². The second-order valence-corrected chi connectivity index (χ2v) is 7.94. The molecule has 1 amide bonds. The SMILES string of the molecule is COc1cccc(-c2cc(C(=O)NCC[NH+]3CCCC3)n(-c3cccc(Cl)c3)n2)c1. The average molecular weight is 426 g/mol. The molecule has 0 aliphatic carbocycles. The molecule has 6 nitrogen and oxygen atoms in total. The van der Waals surface area contributed by atoms with Gasteiger partial charge in [-0.15, -0.1) is 0 Å². The summed E-state index contributed by atoms with van der Waals surface area (Å²) in [5.41, 5.74) is 2.80. The Labute approximate surface area is 181 Å². The molecule has 1 aliphatic rings. The first-order chi connectivity index (χ1) is 14.6. The van der Waals surface area contributed by atoms with E-state index in [1.807, 2.05) is 42.5 Å². The molecule has 0 saturated carbocycles. The lowest BCUT2D eigenvalue weighted by Gasteiger charge is -2.13. The minimum atomic E-state index is -0.143. The summed E-state index contributed by atoms with van der Waals surface area (Å²) in [6, 6.07) is 16.8. The van der Waals surface area contributed by atoms with Crippen molar-refractivity contribution in [2.75, 3.05) is 33.3 Å². The van der Waals surface area contributed by atoms with E-state index >= 15 is 0 Å². The minimum absolute atomic E-state index is 0.143. The zero-order valence-corrected chi connectivity index (χ0v) is 17.8. The van der Waals surface area contributed by atoms with E-state index in [9.17, 15) is 4.79 Å². The van der Waals surface area contributed by atoms with Crippen molar-refractivity contribution in [3.8, 4) is 22.7 Å². The number of aromatic nitrogens is 2. The fraction of sp³-hybridized carbons (Fsp3) is 0.304. The Morgan fingerprint density at radius 1 is 1.17 bits per heavy atom. The molecule has 1 aromatic heterocycles. The highest BCUT2D eigenvalue weighted by molar-refractivity contribution is 6.30. The minimum Gasteiger partial charge on any atom is -0.497 e. The molecule has 156 valence electrons. The quantitative estimate of drug-likeness (QED) is 0.611. The number of carbonyl (C=O) groups is 1. The molecule has 3 aromatic rings. The lowest BCUT2D eigenvalue weighted by Crippen LogP contribution is -3.10. The van der Waals surface area contributed by atoms with Crippen molar-refractivity contribution in [3.63, 3.8) is 0 Å². The summed E-state index contributed by atoms with van der Waals surface area (Å²) in [4.78, 5) is 14.6. The van der Waals surface area contributed by atoms with Crippen LogP contribution in [0.2, 0.25) is 5.02 Å². The number of quaternary nitrogens is 1. The Bertz CT molecular complexity index is 1030. The predicted octanol–water partition coefficient (Wildman–Crippen LogP) is 2.61. The van der Waals surface area contributed by atoms with Gasteiger partial charge in [0, 0.05) is 23.4 Å². The molecular formula is C23H26ClN4O2+. The molecule has 4 rings (SSSR count). The van der Waals surface area contributed by atoms with Crippen molar-refractivity contribution >= 4 is 17.5 Å². The molecule has 7 heteroatoms. The number of halogens is 1. The molecule has 2 heterocycles. The third kappa shape index (κ3) is 4.66. The number of ether oxygens (including phenoxy) is 1. The normalized spacial score (nSPS) is 14.1. The first-order valence-corrected chi connectivity index (χ1v) is 10.6. The summed E-state index contributed by atoms with van der Waals surface area (Å²) in [6.45, 7) is 3.97. The molecular weight excluding hydrogens is 400 g/mol. The molecule has 2 aromatic carbocycles. The molecule has 1 aliphatic heterocycles. The van der Waals surface area contributed by atoms with Crippen LogP contribution in [0.15, 0.2) is 54.6 Å². The average Bonchev–Trinajstić information content (AvgIpc) is 3.44. The maximum atomic E-state index is 13.0. The van der Waals surface area contributed by atoms with Crippen LogP contribution in [0.1, 0.15) is 23.3 Å². The number of benzene rings is 2. The maximum Gasteiger partial charge on any atom is 0.270 e. The van der Waals surface area contributed by atoms with Gasteiger partial charge in [0.15, 0.2) is 0 Å². The van der Waals surface area contributed by atoms with Crippen LogP contribution in [0, 0.1) is 0 Å². The molecule has 1 fully saturated rings. The second kappa shape index (κ2) is 9.32. The van der Waals surface area contributed by atoms with E-state index in [-0.39, 0.29) is 5.91 Å². The summed E-state index contributed by atoms with van der Waals surface area (Å²) in [5.74, 6) is 0.597. The van der Waals surface area contributed by atoms with Gasteiger partial charge in [0.25, 0.3) is 5.91 Å². The van der Waals surface area contributed by atoms with Crippen molar-refractivity contribution in [1.29, 1.82) is 0 Å². The first kappa shape index (κ1) is 20.4. The number of hydrogen-bond donors (Lipinski definition) is 2. The van der Waals surface area contributed by atoms with Crippen molar-refractivity contribution in [1.82, 2.24) is 15.1 Å². The fourth-order valence-corrected chi connectivity index (χ4v) is 4.02. The summed E-state index contributed by atoms with van der Waals surface area (Å²) < 4.78 is 6.98. The molecule has 2 N–H and O–H groups in total. The zero-order valence-electron chi connectivity index (χ0n) is 17.0. The van der Waals surface area contributed by atoms with Crippen LogP contribution in [0.25, 0.3) is 16.9 Å². The van der Waals surface area contributed by atoms with Gasteiger partial charge in [-0.2, -0.15) is 5.10 Å². The maximum absolute atomic E-state index is 13.0. The van der Waals surface area contributed by atoms with Gasteiger partial charge in [-0.05, 0) is 36.4 Å². The third-order valence-corrected chi connectivity index (χ3v) is 5.67. The molecule has 0 unspecified atom stereocenters. The number of carbonyl (C=O) groups excluding carboxylic acids is 1. The van der Waals surface area contributed by atoms with Crippen LogP contribution >= 0.6 is 11.6 Å². The Morgan fingerprint density at radius 2 is 1.97 bits per heavy atom. The van der Waals surface area contributed by atoms with Crippen molar-refractivity contribution in [2.24, 2.45) is 0 Å². The van der Waals surface area contributed by atoms with Crippen LogP contribution in [0.3, 0.4) is 0 Å². The van der Waals surface area contributed by atoms with Crippen LogP contribution in [-0.4, -0.2) is 49.0 Å². The monoisotopic (exact) mass is 425 g/mol. The van der Waals surface area contributed by atoms with E-state index in [2.05, 4.69) is 5.32 Å². The Balaban J connectivity index is 1.62. The first-order valence-electron chi connectivity index (χ1n) is 10.3. The van der Waals surface area contributed by atoms with Crippen LogP contribution in [0.5, 0.6) is 5.75 Å². The van der Waals surface area contributed by atoms with Gasteiger partial charge >= 0.3 is 0 Å². The Kier molecular flexibility index (Phi) is 6.35.